The molecule has 0 saturated carbocycles. The van der Waals surface area contributed by atoms with E-state index >= 15 is 0 Å². The molecular weight excluding hydrogens is 264 g/mol. The van der Waals surface area contributed by atoms with Crippen LogP contribution in [-0.2, 0) is 11.2 Å². The van der Waals surface area contributed by atoms with Crippen LogP contribution in [0.3, 0.4) is 0 Å². The Bertz CT molecular complexity index is 505. The van der Waals surface area contributed by atoms with Crippen molar-refractivity contribution in [3.05, 3.63) is 23.2 Å². The van der Waals surface area contributed by atoms with Gasteiger partial charge in [-0.25, -0.2) is 0 Å². The Morgan fingerprint density at radius 1 is 1.57 bits per heavy atom. The largest absolute Gasteiger partial charge is 0.466 e. The number of amides is 1. The van der Waals surface area contributed by atoms with Gasteiger partial charge < -0.3 is 15.5 Å². The van der Waals surface area contributed by atoms with Gasteiger partial charge in [0, 0.05) is 24.4 Å². The van der Waals surface area contributed by atoms with Crippen molar-refractivity contribution in [1.29, 1.82) is 0 Å². The van der Waals surface area contributed by atoms with E-state index in [-0.39, 0.29) is 23.4 Å². The number of fused-ring (bicyclic) bond motifs is 1. The summed E-state index contributed by atoms with van der Waals surface area (Å²) in [5, 5.41) is 3.15. The van der Waals surface area contributed by atoms with Crippen LogP contribution in [0.1, 0.15) is 69.6 Å². The highest BCUT2D eigenvalue weighted by Crippen LogP contribution is 2.42. The molecule has 1 aliphatic rings. The summed E-state index contributed by atoms with van der Waals surface area (Å²) in [6.07, 6.45) is 4.16. The van der Waals surface area contributed by atoms with Gasteiger partial charge in [0.05, 0.1) is 6.04 Å². The second-order valence-corrected chi connectivity index (χ2v) is 7.15. The van der Waals surface area contributed by atoms with Gasteiger partial charge in [0.25, 0.3) is 0 Å². The maximum absolute atomic E-state index is 12.2. The van der Waals surface area contributed by atoms with E-state index in [2.05, 4.69) is 32.2 Å². The maximum Gasteiger partial charge on any atom is 0.222 e. The van der Waals surface area contributed by atoms with Gasteiger partial charge in [-0.1, -0.05) is 27.2 Å². The highest BCUT2D eigenvalue weighted by molar-refractivity contribution is 5.77. The molecule has 0 aliphatic heterocycles. The van der Waals surface area contributed by atoms with Gasteiger partial charge in [0.2, 0.25) is 5.91 Å². The number of hydrogen-bond acceptors (Lipinski definition) is 3. The third-order valence-electron chi connectivity index (χ3n) is 4.18. The fraction of sp³-hybridized carbons (Fsp3) is 0.706. The van der Waals surface area contributed by atoms with Gasteiger partial charge in [-0.05, 0) is 31.2 Å². The quantitative estimate of drug-likeness (QED) is 0.875. The Kier molecular flexibility index (Phi) is 4.77. The molecule has 1 heterocycles. The lowest BCUT2D eigenvalue weighted by atomic mass is 9.74. The van der Waals surface area contributed by atoms with E-state index in [4.69, 9.17) is 10.2 Å². The normalized spacial score (nSPS) is 21.7. The Morgan fingerprint density at radius 3 is 2.95 bits per heavy atom. The fourth-order valence-electron chi connectivity index (χ4n) is 3.28. The zero-order chi connectivity index (χ0) is 15.6. The van der Waals surface area contributed by atoms with Crippen molar-refractivity contribution in [2.75, 3.05) is 0 Å². The zero-order valence-corrected chi connectivity index (χ0v) is 13.7. The predicted octanol–water partition coefficient (Wildman–Crippen LogP) is 3.24. The molecule has 0 radical (unpaired) electrons. The van der Waals surface area contributed by atoms with Crippen LogP contribution >= 0.6 is 0 Å². The maximum atomic E-state index is 12.2. The van der Waals surface area contributed by atoms with Crippen LogP contribution in [0, 0.1) is 12.3 Å². The van der Waals surface area contributed by atoms with Crippen molar-refractivity contribution in [3.63, 3.8) is 0 Å². The average Bonchev–Trinajstić information content (AvgIpc) is 2.67. The average molecular weight is 292 g/mol. The molecule has 1 aromatic heterocycles. The van der Waals surface area contributed by atoms with Crippen LogP contribution in [0.2, 0.25) is 0 Å². The predicted molar refractivity (Wildman–Crippen MR) is 83.9 cm³/mol. The van der Waals surface area contributed by atoms with Crippen LogP contribution in [0.15, 0.2) is 10.5 Å². The summed E-state index contributed by atoms with van der Waals surface area (Å²) in [7, 11) is 0. The molecule has 1 aliphatic carbocycles. The topological polar surface area (TPSA) is 68.3 Å². The molecule has 1 aromatic rings. The van der Waals surface area contributed by atoms with E-state index in [0.717, 1.165) is 42.8 Å². The third kappa shape index (κ3) is 4.10. The molecule has 2 unspecified atom stereocenters. The summed E-state index contributed by atoms with van der Waals surface area (Å²) in [5.41, 5.74) is 7.25. The minimum Gasteiger partial charge on any atom is -0.466 e. The van der Waals surface area contributed by atoms with Crippen LogP contribution < -0.4 is 11.1 Å². The van der Waals surface area contributed by atoms with Crippen molar-refractivity contribution in [2.45, 2.75) is 71.9 Å². The lowest BCUT2D eigenvalue weighted by molar-refractivity contribution is -0.122. The van der Waals surface area contributed by atoms with Gasteiger partial charge in [-0.3, -0.25) is 4.79 Å². The minimum atomic E-state index is -0.0443. The zero-order valence-electron chi connectivity index (χ0n) is 13.7. The molecule has 118 valence electrons. The third-order valence-corrected chi connectivity index (χ3v) is 4.18. The monoisotopic (exact) mass is 292 g/mol. The molecule has 0 aromatic carbocycles. The number of carbonyl (C=O) groups excluding carboxylic acids is 1. The molecule has 21 heavy (non-hydrogen) atoms. The van der Waals surface area contributed by atoms with Crippen LogP contribution in [0.25, 0.3) is 0 Å². The second kappa shape index (κ2) is 6.22. The van der Waals surface area contributed by atoms with E-state index in [0.29, 0.717) is 6.42 Å². The van der Waals surface area contributed by atoms with Crippen molar-refractivity contribution in [3.8, 4) is 0 Å². The lowest BCUT2D eigenvalue weighted by Gasteiger charge is -2.34. The summed E-state index contributed by atoms with van der Waals surface area (Å²) in [6.45, 7) is 8.48. The van der Waals surface area contributed by atoms with Crippen LogP contribution in [0.4, 0.5) is 0 Å². The molecule has 2 atom stereocenters. The molecular formula is C17H28N2O2. The summed E-state index contributed by atoms with van der Waals surface area (Å²) in [6, 6.07) is 2.06. The first kappa shape index (κ1) is 16.1. The highest BCUT2D eigenvalue weighted by Gasteiger charge is 2.35. The van der Waals surface area contributed by atoms with Gasteiger partial charge in [-0.2, -0.15) is 0 Å². The highest BCUT2D eigenvalue weighted by atomic mass is 16.3. The number of carbonyl (C=O) groups is 1. The lowest BCUT2D eigenvalue weighted by Crippen LogP contribution is -2.38. The first-order valence-corrected chi connectivity index (χ1v) is 7.95. The number of nitrogens with one attached hydrogen (secondary N) is 1. The second-order valence-electron chi connectivity index (χ2n) is 7.15. The Labute approximate surface area is 127 Å². The van der Waals surface area contributed by atoms with E-state index in [1.54, 1.807) is 0 Å². The van der Waals surface area contributed by atoms with Gasteiger partial charge in [0.1, 0.15) is 11.5 Å². The first-order chi connectivity index (χ1) is 9.80. The van der Waals surface area contributed by atoms with E-state index in [1.165, 1.54) is 0 Å². The summed E-state index contributed by atoms with van der Waals surface area (Å²) in [5.74, 6) is 1.98. The van der Waals surface area contributed by atoms with Gasteiger partial charge >= 0.3 is 0 Å². The summed E-state index contributed by atoms with van der Waals surface area (Å²) >= 11 is 0. The van der Waals surface area contributed by atoms with Crippen molar-refractivity contribution in [1.82, 2.24) is 5.32 Å². The number of nitrogens with two attached hydrogens (primary N) is 1. The van der Waals surface area contributed by atoms with E-state index in [1.807, 2.05) is 6.92 Å². The molecule has 4 nitrogen and oxygen atoms in total. The van der Waals surface area contributed by atoms with E-state index < -0.39 is 0 Å². The Hall–Kier alpha value is -1.29. The Balaban J connectivity index is 2.07. The molecule has 3 N–H and O–H groups in total. The van der Waals surface area contributed by atoms with E-state index in [9.17, 15) is 4.79 Å². The smallest absolute Gasteiger partial charge is 0.222 e. The van der Waals surface area contributed by atoms with Gasteiger partial charge in [-0.15, -0.1) is 0 Å². The Morgan fingerprint density at radius 2 is 2.29 bits per heavy atom. The molecule has 2 rings (SSSR count). The standard InChI is InChI=1S/C17H28N2O2/c1-5-6-12(18)8-16(20)19-14-9-17(3,4)10-15-13(14)7-11(2)21-15/h7,12,14H,5-6,8-10,18H2,1-4H3,(H,19,20). The molecule has 0 fully saturated rings. The molecule has 0 bridgehead atoms. The van der Waals surface area contributed by atoms with Gasteiger partial charge in [0.15, 0.2) is 0 Å². The van der Waals surface area contributed by atoms with Crippen LogP contribution in [-0.4, -0.2) is 11.9 Å². The number of rotatable bonds is 5. The molecule has 0 spiro atoms. The number of hydrogen-bond donors (Lipinski definition) is 2. The SMILES string of the molecule is CCCC(N)CC(=O)NC1CC(C)(C)Cc2oc(C)cc21. The van der Waals surface area contributed by atoms with Crippen molar-refractivity contribution >= 4 is 5.91 Å². The summed E-state index contributed by atoms with van der Waals surface area (Å²) in [4.78, 5) is 12.2. The molecule has 1 amide bonds. The summed E-state index contributed by atoms with van der Waals surface area (Å²) < 4.78 is 5.80. The first-order valence-electron chi connectivity index (χ1n) is 7.95. The number of aryl methyl sites for hydroxylation is 1. The van der Waals surface area contributed by atoms with Crippen molar-refractivity contribution < 1.29 is 9.21 Å². The number of furan rings is 1. The fourth-order valence-corrected chi connectivity index (χ4v) is 3.28. The molecule has 4 heteroatoms. The van der Waals surface area contributed by atoms with Crippen molar-refractivity contribution in [2.24, 2.45) is 11.1 Å². The minimum absolute atomic E-state index is 0.0440. The van der Waals surface area contributed by atoms with Crippen LogP contribution in [0.5, 0.6) is 0 Å². The molecule has 0 saturated heterocycles.